The van der Waals surface area contributed by atoms with Crippen molar-refractivity contribution in [3.63, 3.8) is 0 Å². The number of rotatable bonds is 9. The lowest BCUT2D eigenvalue weighted by Gasteiger charge is -2.26. The number of carbonyl (C=O) groups excluding carboxylic acids is 2. The van der Waals surface area contributed by atoms with Crippen molar-refractivity contribution >= 4 is 23.4 Å². The van der Waals surface area contributed by atoms with Crippen molar-refractivity contribution in [2.45, 2.75) is 26.3 Å². The van der Waals surface area contributed by atoms with Crippen molar-refractivity contribution in [3.05, 3.63) is 58.4 Å². The van der Waals surface area contributed by atoms with E-state index in [0.717, 1.165) is 11.3 Å². The molecule has 0 radical (unpaired) electrons. The summed E-state index contributed by atoms with van der Waals surface area (Å²) in [5.74, 6) is -0.759. The van der Waals surface area contributed by atoms with Crippen molar-refractivity contribution in [2.24, 2.45) is 11.7 Å². The zero-order chi connectivity index (χ0) is 22.4. The van der Waals surface area contributed by atoms with Crippen LogP contribution in [0.4, 0.5) is 4.39 Å². The summed E-state index contributed by atoms with van der Waals surface area (Å²) in [7, 11) is 2.86. The number of primary amides is 1. The summed E-state index contributed by atoms with van der Waals surface area (Å²) >= 11 is 6.34. The predicted molar refractivity (Wildman–Crippen MR) is 113 cm³/mol. The summed E-state index contributed by atoms with van der Waals surface area (Å²) in [5, 5.41) is 0.205. The maximum atomic E-state index is 13.6. The van der Waals surface area contributed by atoms with E-state index >= 15 is 0 Å². The Bertz CT molecular complexity index is 920. The van der Waals surface area contributed by atoms with Crippen molar-refractivity contribution in [1.82, 2.24) is 4.90 Å². The Kier molecular flexibility index (Phi) is 8.06. The van der Waals surface area contributed by atoms with Crippen LogP contribution >= 0.6 is 11.6 Å². The Morgan fingerprint density at radius 1 is 1.23 bits per heavy atom. The topological polar surface area (TPSA) is 81.9 Å². The summed E-state index contributed by atoms with van der Waals surface area (Å²) in [4.78, 5) is 26.2. The molecule has 1 unspecified atom stereocenters. The lowest BCUT2D eigenvalue weighted by molar-refractivity contribution is -0.122. The fraction of sp³-hybridized carbons (Fsp3) is 0.364. The minimum Gasteiger partial charge on any atom is -0.493 e. The highest BCUT2D eigenvalue weighted by atomic mass is 35.5. The summed E-state index contributed by atoms with van der Waals surface area (Å²) in [6.45, 7) is 4.60. The second-order valence-electron chi connectivity index (χ2n) is 7.30. The van der Waals surface area contributed by atoms with E-state index in [1.54, 1.807) is 0 Å². The Morgan fingerprint density at radius 2 is 1.93 bits per heavy atom. The smallest absolute Gasteiger partial charge is 0.254 e. The van der Waals surface area contributed by atoms with Crippen LogP contribution in [0.25, 0.3) is 0 Å². The van der Waals surface area contributed by atoms with Crippen molar-refractivity contribution < 1.29 is 23.5 Å². The van der Waals surface area contributed by atoms with Gasteiger partial charge in [0.1, 0.15) is 11.9 Å². The first-order chi connectivity index (χ1) is 14.1. The third kappa shape index (κ3) is 5.63. The Balaban J connectivity index is 2.34. The largest absolute Gasteiger partial charge is 0.493 e. The molecule has 6 nitrogen and oxygen atoms in total. The number of likely N-dealkylation sites (N-methyl/N-ethyl adjacent to an activating group) is 1. The molecule has 2 rings (SSSR count). The van der Waals surface area contributed by atoms with Crippen LogP contribution in [0.3, 0.4) is 0 Å². The van der Waals surface area contributed by atoms with Gasteiger partial charge in [-0.1, -0.05) is 37.6 Å². The Labute approximate surface area is 180 Å². The first-order valence-corrected chi connectivity index (χ1v) is 9.85. The first-order valence-electron chi connectivity index (χ1n) is 9.48. The molecule has 8 heteroatoms. The van der Waals surface area contributed by atoms with Crippen LogP contribution in [-0.4, -0.2) is 37.5 Å². The van der Waals surface area contributed by atoms with Gasteiger partial charge in [0.25, 0.3) is 5.91 Å². The quantitative estimate of drug-likeness (QED) is 0.638. The maximum absolute atomic E-state index is 13.6. The van der Waals surface area contributed by atoms with Crippen LogP contribution < -0.4 is 15.2 Å². The number of halogens is 2. The molecule has 0 saturated heterocycles. The molecule has 0 spiro atoms. The average molecular weight is 437 g/mol. The van der Waals surface area contributed by atoms with Crippen molar-refractivity contribution in [2.75, 3.05) is 20.8 Å². The molecule has 0 aliphatic rings. The van der Waals surface area contributed by atoms with E-state index in [1.165, 1.54) is 50.6 Å². The molecule has 1 atom stereocenters. The number of nitrogens with zero attached hydrogens (tertiary/aromatic N) is 1. The van der Waals surface area contributed by atoms with Gasteiger partial charge in [0, 0.05) is 12.6 Å². The van der Waals surface area contributed by atoms with Gasteiger partial charge in [0.05, 0.1) is 18.7 Å². The van der Waals surface area contributed by atoms with Crippen LogP contribution in [0.2, 0.25) is 5.02 Å². The highest BCUT2D eigenvalue weighted by Gasteiger charge is 2.29. The molecule has 0 bridgehead atoms. The third-order valence-electron chi connectivity index (χ3n) is 4.56. The lowest BCUT2D eigenvalue weighted by atomic mass is 10.0. The molecule has 0 saturated carbocycles. The molecule has 2 aromatic carbocycles. The fourth-order valence-electron chi connectivity index (χ4n) is 2.96. The summed E-state index contributed by atoms with van der Waals surface area (Å²) in [5.41, 5.74) is 5.95. The molecule has 162 valence electrons. The van der Waals surface area contributed by atoms with Crippen molar-refractivity contribution in [3.8, 4) is 11.5 Å². The van der Waals surface area contributed by atoms with Crippen LogP contribution in [0.1, 0.15) is 42.2 Å². The van der Waals surface area contributed by atoms with E-state index in [9.17, 15) is 14.0 Å². The second kappa shape index (κ2) is 10.3. The van der Waals surface area contributed by atoms with Crippen LogP contribution in [0, 0.1) is 11.7 Å². The first kappa shape index (κ1) is 23.5. The Hall–Kier alpha value is -2.80. The number of nitrogens with two attached hydrogens (primary N) is 1. The van der Waals surface area contributed by atoms with Gasteiger partial charge in [0.2, 0.25) is 5.91 Å². The molecule has 0 fully saturated rings. The molecular weight excluding hydrogens is 411 g/mol. The summed E-state index contributed by atoms with van der Waals surface area (Å²) in [6, 6.07) is 7.16. The predicted octanol–water partition coefficient (Wildman–Crippen LogP) is 4.21. The standard InChI is InChI=1S/C22H26ClFN2O4/c1-13(2)8-9-30-20-17(23)11-15(12-18(20)29-4)22(28)26(3)19(21(25)27)14-6-5-7-16(24)10-14/h5-7,10-13,19H,8-9H2,1-4H3,(H2,25,27). The van der Waals surface area contributed by atoms with Crippen LogP contribution in [-0.2, 0) is 4.79 Å². The van der Waals surface area contributed by atoms with Gasteiger partial charge in [0.15, 0.2) is 11.5 Å². The summed E-state index contributed by atoms with van der Waals surface area (Å²) in [6.07, 6.45) is 0.830. The molecule has 2 aromatic rings. The highest BCUT2D eigenvalue weighted by molar-refractivity contribution is 6.32. The van der Waals surface area contributed by atoms with Gasteiger partial charge in [-0.3, -0.25) is 9.59 Å². The van der Waals surface area contributed by atoms with E-state index in [-0.39, 0.29) is 16.1 Å². The maximum Gasteiger partial charge on any atom is 0.254 e. The number of amides is 2. The van der Waals surface area contributed by atoms with Gasteiger partial charge in [-0.25, -0.2) is 4.39 Å². The minimum absolute atomic E-state index is 0.179. The molecule has 0 aromatic heterocycles. The van der Waals surface area contributed by atoms with Crippen molar-refractivity contribution in [1.29, 1.82) is 0 Å². The average Bonchev–Trinajstić information content (AvgIpc) is 2.67. The lowest BCUT2D eigenvalue weighted by Crippen LogP contribution is -2.39. The highest BCUT2D eigenvalue weighted by Crippen LogP contribution is 2.37. The van der Waals surface area contributed by atoms with Gasteiger partial charge < -0.3 is 20.1 Å². The van der Waals surface area contributed by atoms with E-state index < -0.39 is 23.7 Å². The SMILES string of the molecule is COc1cc(C(=O)N(C)C(C(N)=O)c2cccc(F)c2)cc(Cl)c1OCCC(C)C. The summed E-state index contributed by atoms with van der Waals surface area (Å²) < 4.78 is 24.7. The third-order valence-corrected chi connectivity index (χ3v) is 4.84. The number of ether oxygens (including phenoxy) is 2. The minimum atomic E-state index is -1.15. The van der Waals surface area contributed by atoms with Crippen LogP contribution in [0.15, 0.2) is 36.4 Å². The number of carbonyl (C=O) groups is 2. The molecule has 2 amide bonds. The van der Waals surface area contributed by atoms with E-state index in [4.69, 9.17) is 26.8 Å². The zero-order valence-electron chi connectivity index (χ0n) is 17.4. The number of benzene rings is 2. The molecule has 0 aliphatic carbocycles. The Morgan fingerprint density at radius 3 is 2.50 bits per heavy atom. The van der Waals surface area contributed by atoms with E-state index in [0.29, 0.717) is 24.0 Å². The monoisotopic (exact) mass is 436 g/mol. The van der Waals surface area contributed by atoms with Gasteiger partial charge in [-0.15, -0.1) is 0 Å². The molecular formula is C22H26ClFN2O4. The molecule has 30 heavy (non-hydrogen) atoms. The van der Waals surface area contributed by atoms with Gasteiger partial charge in [-0.05, 0) is 42.2 Å². The molecule has 0 heterocycles. The number of methoxy groups -OCH3 is 1. The molecule has 0 aliphatic heterocycles. The van der Waals surface area contributed by atoms with Crippen LogP contribution in [0.5, 0.6) is 11.5 Å². The van der Waals surface area contributed by atoms with E-state index in [1.807, 2.05) is 0 Å². The number of hydrogen-bond donors (Lipinski definition) is 1. The van der Waals surface area contributed by atoms with Gasteiger partial charge >= 0.3 is 0 Å². The number of hydrogen-bond acceptors (Lipinski definition) is 4. The zero-order valence-corrected chi connectivity index (χ0v) is 18.2. The second-order valence-corrected chi connectivity index (χ2v) is 7.70. The fourth-order valence-corrected chi connectivity index (χ4v) is 3.22. The van der Waals surface area contributed by atoms with Gasteiger partial charge in [-0.2, -0.15) is 0 Å². The molecule has 2 N–H and O–H groups in total. The van der Waals surface area contributed by atoms with E-state index in [2.05, 4.69) is 13.8 Å². The normalized spacial score (nSPS) is 11.8.